The van der Waals surface area contributed by atoms with Gasteiger partial charge in [0.05, 0.1) is 12.1 Å². The largest absolute Gasteiger partial charge is 0.478 e. The summed E-state index contributed by atoms with van der Waals surface area (Å²) in [6.45, 7) is 5.16. The van der Waals surface area contributed by atoms with E-state index in [2.05, 4.69) is 10.3 Å². The van der Waals surface area contributed by atoms with E-state index >= 15 is 0 Å². The van der Waals surface area contributed by atoms with Crippen LogP contribution in [0.4, 0.5) is 4.39 Å². The van der Waals surface area contributed by atoms with Crippen LogP contribution in [0.1, 0.15) is 65.2 Å². The molecule has 1 aromatic carbocycles. The van der Waals surface area contributed by atoms with Gasteiger partial charge in [-0.25, -0.2) is 9.37 Å². The first kappa shape index (κ1) is 23.8. The van der Waals surface area contributed by atoms with E-state index < -0.39 is 11.7 Å². The Labute approximate surface area is 179 Å². The summed E-state index contributed by atoms with van der Waals surface area (Å²) in [6.07, 6.45) is 9.66. The zero-order valence-electron chi connectivity index (χ0n) is 18.3. The second-order valence-corrected chi connectivity index (χ2v) is 8.11. The van der Waals surface area contributed by atoms with E-state index in [9.17, 15) is 9.18 Å². The van der Waals surface area contributed by atoms with Crippen LogP contribution in [0, 0.1) is 5.92 Å². The van der Waals surface area contributed by atoms with Gasteiger partial charge in [0.1, 0.15) is 0 Å². The Balaban J connectivity index is 1.45. The Morgan fingerprint density at radius 3 is 2.50 bits per heavy atom. The van der Waals surface area contributed by atoms with Crippen molar-refractivity contribution in [3.8, 4) is 5.88 Å². The number of pyridine rings is 1. The summed E-state index contributed by atoms with van der Waals surface area (Å²) in [7, 11) is 0. The van der Waals surface area contributed by atoms with Crippen molar-refractivity contribution < 1.29 is 13.9 Å². The van der Waals surface area contributed by atoms with Crippen molar-refractivity contribution in [2.24, 2.45) is 5.92 Å². The molecule has 4 nitrogen and oxygen atoms in total. The average molecular weight is 415 g/mol. The lowest BCUT2D eigenvalue weighted by atomic mass is 10.1. The third-order valence-electron chi connectivity index (χ3n) is 4.88. The van der Waals surface area contributed by atoms with Gasteiger partial charge in [-0.2, -0.15) is 0 Å². The molecule has 1 heterocycles. The number of halogens is 1. The minimum absolute atomic E-state index is 0.323. The van der Waals surface area contributed by atoms with Gasteiger partial charge in [-0.05, 0) is 43.4 Å². The summed E-state index contributed by atoms with van der Waals surface area (Å²) in [5.74, 6) is -0.239. The molecular formula is C25H35FN2O2. The minimum Gasteiger partial charge on any atom is -0.478 e. The highest BCUT2D eigenvalue weighted by atomic mass is 19.1. The Bertz CT molecular complexity index is 805. The molecule has 0 atom stereocenters. The fourth-order valence-electron chi connectivity index (χ4n) is 3.14. The number of rotatable bonds is 14. The molecule has 0 spiro atoms. The summed E-state index contributed by atoms with van der Waals surface area (Å²) >= 11 is 0. The predicted octanol–water partition coefficient (Wildman–Crippen LogP) is 6.36. The van der Waals surface area contributed by atoms with E-state index in [4.69, 9.17) is 4.74 Å². The number of allylic oxidation sites excluding steroid dienone is 1. The summed E-state index contributed by atoms with van der Waals surface area (Å²) < 4.78 is 19.4. The van der Waals surface area contributed by atoms with E-state index in [1.807, 2.05) is 50.2 Å². The van der Waals surface area contributed by atoms with Crippen LogP contribution in [-0.4, -0.2) is 24.0 Å². The minimum atomic E-state index is -0.656. The third kappa shape index (κ3) is 9.38. The van der Waals surface area contributed by atoms with Gasteiger partial charge < -0.3 is 10.1 Å². The number of aromatic nitrogens is 1. The number of carbonyl (C=O) groups is 1. The fourth-order valence-corrected chi connectivity index (χ4v) is 3.14. The third-order valence-corrected chi connectivity index (χ3v) is 4.88. The highest BCUT2D eigenvalue weighted by Crippen LogP contribution is 2.16. The van der Waals surface area contributed by atoms with Crippen molar-refractivity contribution in [2.75, 3.05) is 13.2 Å². The second-order valence-electron chi connectivity index (χ2n) is 8.11. The number of hydrogen-bond acceptors (Lipinski definition) is 3. The number of ether oxygens (including phenoxy) is 1. The number of fused-ring (bicyclic) bond motifs is 1. The number of nitrogens with zero attached hydrogens (tertiary/aromatic N) is 1. The first-order valence-corrected chi connectivity index (χ1v) is 11.2. The lowest BCUT2D eigenvalue weighted by Crippen LogP contribution is -2.27. The van der Waals surface area contributed by atoms with Crippen molar-refractivity contribution in [3.63, 3.8) is 0 Å². The number of carbonyl (C=O) groups excluding carboxylic acids is 1. The standard InChI is InChI=1S/C25H35FN2O2/c1-20(2)19-27-25(29)22(26)14-9-7-5-3-4-6-8-12-18-30-24-17-16-21-13-10-11-15-23(21)28-24/h10-11,13-17,20H,3-9,12,18-19H2,1-2H3,(H,27,29). The van der Waals surface area contributed by atoms with Crippen LogP contribution in [0.2, 0.25) is 0 Å². The normalized spacial score (nSPS) is 11.8. The fraction of sp³-hybridized carbons (Fsp3) is 0.520. The van der Waals surface area contributed by atoms with Crippen molar-refractivity contribution in [1.82, 2.24) is 10.3 Å². The quantitative estimate of drug-likeness (QED) is 0.289. The van der Waals surface area contributed by atoms with Gasteiger partial charge in [-0.3, -0.25) is 4.79 Å². The Morgan fingerprint density at radius 1 is 1.03 bits per heavy atom. The maximum absolute atomic E-state index is 13.6. The molecule has 164 valence electrons. The molecule has 5 heteroatoms. The maximum atomic E-state index is 13.6. The summed E-state index contributed by atoms with van der Waals surface area (Å²) in [5, 5.41) is 3.71. The smallest absolute Gasteiger partial charge is 0.279 e. The van der Waals surface area contributed by atoms with E-state index in [-0.39, 0.29) is 0 Å². The maximum Gasteiger partial charge on any atom is 0.279 e. The molecule has 0 aliphatic heterocycles. The molecule has 0 saturated heterocycles. The predicted molar refractivity (Wildman–Crippen MR) is 121 cm³/mol. The van der Waals surface area contributed by atoms with Crippen molar-refractivity contribution in [3.05, 3.63) is 48.3 Å². The Morgan fingerprint density at radius 2 is 1.73 bits per heavy atom. The van der Waals surface area contributed by atoms with E-state index in [0.29, 0.717) is 31.4 Å². The molecule has 1 aromatic heterocycles. The first-order valence-electron chi connectivity index (χ1n) is 11.2. The van der Waals surface area contributed by atoms with Crippen LogP contribution in [0.3, 0.4) is 0 Å². The second kappa shape index (κ2) is 13.7. The molecule has 1 amide bonds. The molecular weight excluding hydrogens is 379 g/mol. The molecule has 0 aliphatic carbocycles. The molecule has 0 saturated carbocycles. The zero-order valence-corrected chi connectivity index (χ0v) is 18.3. The Kier molecular flexibility index (Phi) is 10.9. The van der Waals surface area contributed by atoms with Crippen molar-refractivity contribution in [1.29, 1.82) is 0 Å². The highest BCUT2D eigenvalue weighted by Gasteiger charge is 2.07. The van der Waals surface area contributed by atoms with Gasteiger partial charge in [0.2, 0.25) is 5.88 Å². The van der Waals surface area contributed by atoms with Crippen LogP contribution in [-0.2, 0) is 4.79 Å². The summed E-state index contributed by atoms with van der Waals surface area (Å²) in [4.78, 5) is 16.0. The summed E-state index contributed by atoms with van der Waals surface area (Å²) in [6, 6.07) is 12.0. The van der Waals surface area contributed by atoms with Gasteiger partial charge in [0, 0.05) is 18.0 Å². The van der Waals surface area contributed by atoms with Crippen molar-refractivity contribution in [2.45, 2.75) is 65.2 Å². The summed E-state index contributed by atoms with van der Waals surface area (Å²) in [5.41, 5.74) is 0.959. The SMILES string of the molecule is CC(C)CNC(=O)C(F)=CCCCCCCCCCOc1ccc2ccccc2n1. The van der Waals surface area contributed by atoms with Gasteiger partial charge in [0.25, 0.3) is 5.91 Å². The molecule has 1 N–H and O–H groups in total. The highest BCUT2D eigenvalue weighted by molar-refractivity contribution is 5.91. The average Bonchev–Trinajstić information content (AvgIpc) is 2.75. The van der Waals surface area contributed by atoms with Gasteiger partial charge >= 0.3 is 0 Å². The van der Waals surface area contributed by atoms with Crippen molar-refractivity contribution >= 4 is 16.8 Å². The molecule has 0 radical (unpaired) electrons. The van der Waals surface area contributed by atoms with E-state index in [1.54, 1.807) is 0 Å². The number of hydrogen-bond donors (Lipinski definition) is 1. The first-order chi connectivity index (χ1) is 14.6. The van der Waals surface area contributed by atoms with E-state index in [1.165, 1.54) is 18.9 Å². The van der Waals surface area contributed by atoms with Crippen LogP contribution >= 0.6 is 0 Å². The number of nitrogens with one attached hydrogen (secondary N) is 1. The van der Waals surface area contributed by atoms with Gasteiger partial charge in [-0.1, -0.05) is 64.2 Å². The number of unbranched alkanes of at least 4 members (excludes halogenated alkanes) is 7. The lowest BCUT2D eigenvalue weighted by molar-refractivity contribution is -0.119. The van der Waals surface area contributed by atoms with E-state index in [0.717, 1.165) is 43.0 Å². The van der Waals surface area contributed by atoms with Crippen LogP contribution < -0.4 is 10.1 Å². The zero-order chi connectivity index (χ0) is 21.6. The molecule has 30 heavy (non-hydrogen) atoms. The number of amides is 1. The lowest BCUT2D eigenvalue weighted by Gasteiger charge is -2.06. The van der Waals surface area contributed by atoms with Crippen LogP contribution in [0.15, 0.2) is 48.3 Å². The molecule has 0 aliphatic rings. The Hall–Kier alpha value is -2.43. The molecule has 2 aromatic rings. The molecule has 0 unspecified atom stereocenters. The van der Waals surface area contributed by atoms with Crippen LogP contribution in [0.25, 0.3) is 10.9 Å². The van der Waals surface area contributed by atoms with Crippen LogP contribution in [0.5, 0.6) is 5.88 Å². The molecule has 2 rings (SSSR count). The topological polar surface area (TPSA) is 51.2 Å². The number of para-hydroxylation sites is 1. The monoisotopic (exact) mass is 414 g/mol. The molecule has 0 fully saturated rings. The van der Waals surface area contributed by atoms with Gasteiger partial charge in [0.15, 0.2) is 5.83 Å². The van der Waals surface area contributed by atoms with Gasteiger partial charge in [-0.15, -0.1) is 0 Å². The molecule has 0 bridgehead atoms. The number of benzene rings is 1.